The Morgan fingerprint density at radius 3 is 2.12 bits per heavy atom. The Labute approximate surface area is 96.8 Å². The van der Waals surface area contributed by atoms with E-state index in [0.29, 0.717) is 0 Å². The number of ether oxygens (including phenoxy) is 1. The van der Waals surface area contributed by atoms with Gasteiger partial charge < -0.3 is 10.1 Å². The van der Waals surface area contributed by atoms with Gasteiger partial charge in [-0.2, -0.15) is 0 Å². The molecule has 88 valence electrons. The summed E-state index contributed by atoms with van der Waals surface area (Å²) in [4.78, 5) is 10.9. The van der Waals surface area contributed by atoms with Crippen molar-refractivity contribution in [2.45, 2.75) is 12.8 Å². The third-order valence-corrected chi connectivity index (χ3v) is 2.50. The maximum Gasteiger partial charge on any atom is 0.309 e. The number of esters is 1. The Bertz CT molecular complexity index is 255. The van der Waals surface area contributed by atoms with Gasteiger partial charge in [0.05, 0.1) is 13.0 Å². The Morgan fingerprint density at radius 1 is 1.19 bits per heavy atom. The van der Waals surface area contributed by atoms with E-state index in [9.17, 15) is 4.79 Å². The van der Waals surface area contributed by atoms with Crippen LogP contribution in [0.5, 0.6) is 0 Å². The lowest BCUT2D eigenvalue weighted by atomic mass is 10.0. The highest BCUT2D eigenvalue weighted by atomic mass is 16.5. The average Bonchev–Trinajstić information content (AvgIpc) is 2.41. The third kappa shape index (κ3) is 4.94. The van der Waals surface area contributed by atoms with Gasteiger partial charge in [-0.25, -0.2) is 0 Å². The van der Waals surface area contributed by atoms with Gasteiger partial charge in [0.2, 0.25) is 0 Å². The van der Waals surface area contributed by atoms with Crippen molar-refractivity contribution >= 4 is 5.97 Å². The minimum absolute atomic E-state index is 0.0767. The van der Waals surface area contributed by atoms with Crippen LogP contribution in [-0.4, -0.2) is 26.2 Å². The summed E-state index contributed by atoms with van der Waals surface area (Å²) in [5, 5.41) is 3.15. The molecule has 0 radical (unpaired) electrons. The van der Waals surface area contributed by atoms with Crippen molar-refractivity contribution < 1.29 is 9.53 Å². The Hall–Kier alpha value is -1.35. The fourth-order valence-corrected chi connectivity index (χ4v) is 1.60. The number of carbonyl (C=O) groups excluding carboxylic acids is 1. The lowest BCUT2D eigenvalue weighted by Gasteiger charge is -2.19. The molecule has 1 aliphatic heterocycles. The molecule has 0 saturated carbocycles. The van der Waals surface area contributed by atoms with E-state index < -0.39 is 0 Å². The molecule has 0 bridgehead atoms. The first-order chi connectivity index (χ1) is 7.84. The molecule has 0 spiro atoms. The highest BCUT2D eigenvalue weighted by Crippen LogP contribution is 2.10. The molecule has 3 heteroatoms. The average molecular weight is 221 g/mol. The first-order valence-corrected chi connectivity index (χ1v) is 5.63. The maximum atomic E-state index is 10.9. The molecule has 16 heavy (non-hydrogen) atoms. The molecule has 0 unspecified atom stereocenters. The van der Waals surface area contributed by atoms with Crippen molar-refractivity contribution in [1.29, 1.82) is 0 Å². The quantitative estimate of drug-likeness (QED) is 0.735. The molecule has 1 aliphatic rings. The van der Waals surface area contributed by atoms with Crippen LogP contribution >= 0.6 is 0 Å². The molecule has 1 fully saturated rings. The van der Waals surface area contributed by atoms with E-state index in [4.69, 9.17) is 0 Å². The molecule has 1 atom stereocenters. The highest BCUT2D eigenvalue weighted by Gasteiger charge is 2.20. The minimum atomic E-state index is -0.0767. The van der Waals surface area contributed by atoms with Crippen LogP contribution < -0.4 is 5.32 Å². The zero-order valence-electron chi connectivity index (χ0n) is 9.69. The van der Waals surface area contributed by atoms with Crippen LogP contribution in [0.1, 0.15) is 12.8 Å². The predicted molar refractivity (Wildman–Crippen MR) is 64.1 cm³/mol. The van der Waals surface area contributed by atoms with Crippen molar-refractivity contribution in [3.05, 3.63) is 36.4 Å². The van der Waals surface area contributed by atoms with E-state index in [0.717, 1.165) is 25.9 Å². The summed E-state index contributed by atoms with van der Waals surface area (Å²) in [6.07, 6.45) is 2.05. The number of hydrogen-bond donors (Lipinski definition) is 1. The zero-order chi connectivity index (χ0) is 11.6. The molecule has 0 amide bonds. The third-order valence-electron chi connectivity index (χ3n) is 2.50. The predicted octanol–water partition coefficient (Wildman–Crippen LogP) is 1.85. The number of methoxy groups -OCH3 is 1. The summed E-state index contributed by atoms with van der Waals surface area (Å²) >= 11 is 0. The number of carbonyl (C=O) groups is 1. The smallest absolute Gasteiger partial charge is 0.309 e. The number of piperidine rings is 1. The SMILES string of the molecule is COC(=O)[C@@H]1CCCNC1.c1ccccc1. The molecule has 1 aromatic carbocycles. The molecule has 2 rings (SSSR count). The fraction of sp³-hybridized carbons (Fsp3) is 0.462. The van der Waals surface area contributed by atoms with Crippen LogP contribution in [0.15, 0.2) is 36.4 Å². The van der Waals surface area contributed by atoms with E-state index in [-0.39, 0.29) is 11.9 Å². The molecule has 1 saturated heterocycles. The van der Waals surface area contributed by atoms with E-state index in [1.54, 1.807) is 0 Å². The first kappa shape index (κ1) is 12.7. The van der Waals surface area contributed by atoms with Crippen molar-refractivity contribution in [2.75, 3.05) is 20.2 Å². The lowest BCUT2D eigenvalue weighted by Crippen LogP contribution is -2.34. The summed E-state index contributed by atoms with van der Waals surface area (Å²) in [5.74, 6) is 0.0194. The molecule has 0 aliphatic carbocycles. The molecule has 1 heterocycles. The number of benzene rings is 1. The monoisotopic (exact) mass is 221 g/mol. The molecular formula is C13H19NO2. The molecular weight excluding hydrogens is 202 g/mol. The van der Waals surface area contributed by atoms with E-state index in [1.807, 2.05) is 36.4 Å². The van der Waals surface area contributed by atoms with Gasteiger partial charge in [0.15, 0.2) is 0 Å². The van der Waals surface area contributed by atoms with Gasteiger partial charge in [-0.15, -0.1) is 0 Å². The molecule has 1 aromatic rings. The van der Waals surface area contributed by atoms with Crippen molar-refractivity contribution in [3.63, 3.8) is 0 Å². The van der Waals surface area contributed by atoms with Gasteiger partial charge in [0.1, 0.15) is 0 Å². The summed E-state index contributed by atoms with van der Waals surface area (Å²) < 4.78 is 4.61. The molecule has 0 aromatic heterocycles. The summed E-state index contributed by atoms with van der Waals surface area (Å²) in [5.41, 5.74) is 0. The first-order valence-electron chi connectivity index (χ1n) is 5.63. The maximum absolute atomic E-state index is 10.9. The Morgan fingerprint density at radius 2 is 1.75 bits per heavy atom. The van der Waals surface area contributed by atoms with Crippen LogP contribution in [0.3, 0.4) is 0 Å². The zero-order valence-corrected chi connectivity index (χ0v) is 9.69. The summed E-state index contributed by atoms with van der Waals surface area (Å²) in [6, 6.07) is 12.0. The minimum Gasteiger partial charge on any atom is -0.469 e. The number of rotatable bonds is 1. The topological polar surface area (TPSA) is 38.3 Å². The van der Waals surface area contributed by atoms with Crippen molar-refractivity contribution in [2.24, 2.45) is 5.92 Å². The van der Waals surface area contributed by atoms with E-state index in [2.05, 4.69) is 10.1 Å². The standard InChI is InChI=1S/C7H13NO2.C6H6/c1-10-7(9)6-3-2-4-8-5-6;1-2-4-6-5-3-1/h6,8H,2-5H2,1H3;1-6H/t6-;/m1./s1. The van der Waals surface area contributed by atoms with Gasteiger partial charge in [-0.05, 0) is 19.4 Å². The van der Waals surface area contributed by atoms with Gasteiger partial charge in [-0.3, -0.25) is 4.79 Å². The second-order valence-corrected chi connectivity index (χ2v) is 3.72. The number of nitrogens with one attached hydrogen (secondary N) is 1. The second-order valence-electron chi connectivity index (χ2n) is 3.72. The van der Waals surface area contributed by atoms with Crippen LogP contribution in [0.25, 0.3) is 0 Å². The summed E-state index contributed by atoms with van der Waals surface area (Å²) in [6.45, 7) is 1.82. The highest BCUT2D eigenvalue weighted by molar-refractivity contribution is 5.72. The van der Waals surface area contributed by atoms with Crippen LogP contribution in [-0.2, 0) is 9.53 Å². The lowest BCUT2D eigenvalue weighted by molar-refractivity contribution is -0.145. The second kappa shape index (κ2) is 7.88. The van der Waals surface area contributed by atoms with E-state index in [1.165, 1.54) is 7.11 Å². The van der Waals surface area contributed by atoms with Crippen LogP contribution in [0.2, 0.25) is 0 Å². The molecule has 1 N–H and O–H groups in total. The Kier molecular flexibility index (Phi) is 6.26. The number of hydrogen-bond acceptors (Lipinski definition) is 3. The van der Waals surface area contributed by atoms with Crippen LogP contribution in [0.4, 0.5) is 0 Å². The largest absolute Gasteiger partial charge is 0.469 e. The van der Waals surface area contributed by atoms with Crippen molar-refractivity contribution in [3.8, 4) is 0 Å². The van der Waals surface area contributed by atoms with Gasteiger partial charge >= 0.3 is 5.97 Å². The summed E-state index contributed by atoms with van der Waals surface area (Å²) in [7, 11) is 1.44. The van der Waals surface area contributed by atoms with Crippen molar-refractivity contribution in [1.82, 2.24) is 5.32 Å². The normalized spacial score (nSPS) is 19.2. The fourth-order valence-electron chi connectivity index (χ4n) is 1.60. The van der Waals surface area contributed by atoms with Gasteiger partial charge in [0.25, 0.3) is 0 Å². The van der Waals surface area contributed by atoms with E-state index >= 15 is 0 Å². The molecule has 3 nitrogen and oxygen atoms in total. The van der Waals surface area contributed by atoms with Crippen LogP contribution in [0, 0.1) is 5.92 Å². The van der Waals surface area contributed by atoms with Gasteiger partial charge in [-0.1, -0.05) is 36.4 Å². The Balaban J connectivity index is 0.000000181. The van der Waals surface area contributed by atoms with Gasteiger partial charge in [0, 0.05) is 6.54 Å².